The molecule has 1 heterocycles. The van der Waals surface area contributed by atoms with Crippen molar-refractivity contribution in [2.75, 3.05) is 27.2 Å². The van der Waals surface area contributed by atoms with E-state index in [2.05, 4.69) is 5.32 Å². The molecule has 0 aliphatic rings. The van der Waals surface area contributed by atoms with Crippen LogP contribution in [0.4, 0.5) is 0 Å². The van der Waals surface area contributed by atoms with E-state index in [1.807, 2.05) is 42.5 Å². The molecule has 1 aromatic carbocycles. The monoisotopic (exact) mass is 372 g/mol. The van der Waals surface area contributed by atoms with Crippen molar-refractivity contribution in [1.29, 1.82) is 0 Å². The Balaban J connectivity index is 1.83. The van der Waals surface area contributed by atoms with Crippen molar-refractivity contribution in [2.24, 2.45) is 0 Å². The molecule has 0 saturated heterocycles. The minimum Gasteiger partial charge on any atom is -0.452 e. The topological polar surface area (TPSA) is 75.7 Å². The Morgan fingerprint density at radius 1 is 1.15 bits per heavy atom. The molecule has 0 aliphatic carbocycles. The number of carbonyl (C=O) groups excluding carboxylic acids is 3. The lowest BCUT2D eigenvalue weighted by Crippen LogP contribution is -2.38. The highest BCUT2D eigenvalue weighted by molar-refractivity contribution is 7.16. The fourth-order valence-corrected chi connectivity index (χ4v) is 2.94. The van der Waals surface area contributed by atoms with Crippen LogP contribution in [-0.2, 0) is 19.1 Å². The number of hydrogen-bond acceptors (Lipinski definition) is 5. The first-order valence-corrected chi connectivity index (χ1v) is 8.76. The van der Waals surface area contributed by atoms with Gasteiger partial charge in [0.1, 0.15) is 0 Å². The number of nitrogens with zero attached hydrogens (tertiary/aromatic N) is 1. The molecule has 0 bridgehead atoms. The molecule has 2 amide bonds. The van der Waals surface area contributed by atoms with Crippen molar-refractivity contribution in [2.45, 2.75) is 0 Å². The standard InChI is InChI=1S/C19H20N2O4S/c1-20-17(22)12-21(2)18(23)13-25-19(24)11-9-15-8-10-16(26-15)14-6-4-3-5-7-14/h3-11H,12-13H2,1-2H3,(H,20,22)/b11-9+. The van der Waals surface area contributed by atoms with E-state index in [9.17, 15) is 14.4 Å². The normalized spacial score (nSPS) is 10.5. The molecule has 26 heavy (non-hydrogen) atoms. The number of benzene rings is 1. The van der Waals surface area contributed by atoms with Gasteiger partial charge in [0.25, 0.3) is 5.91 Å². The van der Waals surface area contributed by atoms with E-state index in [0.29, 0.717) is 0 Å². The Morgan fingerprint density at radius 2 is 1.88 bits per heavy atom. The number of esters is 1. The van der Waals surface area contributed by atoms with E-state index in [-0.39, 0.29) is 12.5 Å². The molecule has 2 rings (SSSR count). The third-order valence-corrected chi connectivity index (χ3v) is 4.59. The SMILES string of the molecule is CNC(=O)CN(C)C(=O)COC(=O)/C=C/c1ccc(-c2ccccc2)s1. The smallest absolute Gasteiger partial charge is 0.331 e. The van der Waals surface area contributed by atoms with Crippen LogP contribution in [0.5, 0.6) is 0 Å². The van der Waals surface area contributed by atoms with E-state index in [1.54, 1.807) is 17.4 Å². The Morgan fingerprint density at radius 3 is 2.58 bits per heavy atom. The number of likely N-dealkylation sites (N-methyl/N-ethyl adjacent to an activating group) is 2. The minimum atomic E-state index is -0.610. The molecule has 0 aliphatic heterocycles. The Labute approximate surface area is 156 Å². The first-order chi connectivity index (χ1) is 12.5. The maximum absolute atomic E-state index is 11.8. The van der Waals surface area contributed by atoms with Gasteiger partial charge in [-0.2, -0.15) is 0 Å². The molecule has 0 atom stereocenters. The van der Waals surface area contributed by atoms with E-state index >= 15 is 0 Å². The largest absolute Gasteiger partial charge is 0.452 e. The van der Waals surface area contributed by atoms with E-state index < -0.39 is 18.5 Å². The summed E-state index contributed by atoms with van der Waals surface area (Å²) in [5, 5.41) is 2.42. The number of amides is 2. The van der Waals surface area contributed by atoms with Gasteiger partial charge in [-0.15, -0.1) is 11.3 Å². The maximum Gasteiger partial charge on any atom is 0.331 e. The summed E-state index contributed by atoms with van der Waals surface area (Å²) in [5.74, 6) is -1.35. The summed E-state index contributed by atoms with van der Waals surface area (Å²) < 4.78 is 4.91. The molecular formula is C19H20N2O4S. The molecular weight excluding hydrogens is 352 g/mol. The van der Waals surface area contributed by atoms with Gasteiger partial charge >= 0.3 is 5.97 Å². The van der Waals surface area contributed by atoms with Crippen LogP contribution >= 0.6 is 11.3 Å². The summed E-state index contributed by atoms with van der Waals surface area (Å²) in [6, 6.07) is 13.9. The fourth-order valence-electron chi connectivity index (χ4n) is 2.02. The average Bonchev–Trinajstić information content (AvgIpc) is 3.14. The highest BCUT2D eigenvalue weighted by atomic mass is 32.1. The number of carbonyl (C=O) groups is 3. The lowest BCUT2D eigenvalue weighted by molar-refractivity contribution is -0.148. The van der Waals surface area contributed by atoms with Gasteiger partial charge < -0.3 is 15.0 Å². The van der Waals surface area contributed by atoms with Gasteiger partial charge in [0.2, 0.25) is 5.91 Å². The molecule has 1 aromatic heterocycles. The predicted molar refractivity (Wildman–Crippen MR) is 101 cm³/mol. The molecule has 7 heteroatoms. The second kappa shape index (κ2) is 9.53. The number of ether oxygens (including phenoxy) is 1. The number of thiophene rings is 1. The van der Waals surface area contributed by atoms with Crippen LogP contribution in [0.3, 0.4) is 0 Å². The van der Waals surface area contributed by atoms with Gasteiger partial charge in [-0.05, 0) is 23.8 Å². The average molecular weight is 372 g/mol. The lowest BCUT2D eigenvalue weighted by Gasteiger charge is -2.15. The van der Waals surface area contributed by atoms with Crippen LogP contribution in [0.2, 0.25) is 0 Å². The van der Waals surface area contributed by atoms with Crippen molar-refractivity contribution in [3.05, 3.63) is 53.4 Å². The van der Waals surface area contributed by atoms with E-state index in [1.165, 1.54) is 25.1 Å². The Kier molecular flexibility index (Phi) is 7.11. The molecule has 2 aromatic rings. The van der Waals surface area contributed by atoms with Crippen LogP contribution in [0, 0.1) is 0 Å². The second-order valence-corrected chi connectivity index (χ2v) is 6.55. The number of rotatable bonds is 7. The van der Waals surface area contributed by atoms with Crippen LogP contribution in [-0.4, -0.2) is 49.9 Å². The quantitative estimate of drug-likeness (QED) is 0.597. The summed E-state index contributed by atoms with van der Waals surface area (Å²) in [6.07, 6.45) is 2.94. The van der Waals surface area contributed by atoms with Gasteiger partial charge in [-0.3, -0.25) is 9.59 Å². The fraction of sp³-hybridized carbons (Fsp3) is 0.211. The van der Waals surface area contributed by atoms with Crippen molar-refractivity contribution in [1.82, 2.24) is 10.2 Å². The summed E-state index contributed by atoms with van der Waals surface area (Å²) in [6.45, 7) is -0.490. The van der Waals surface area contributed by atoms with Crippen LogP contribution < -0.4 is 5.32 Å². The molecule has 6 nitrogen and oxygen atoms in total. The van der Waals surface area contributed by atoms with Crippen LogP contribution in [0.15, 0.2) is 48.5 Å². The van der Waals surface area contributed by atoms with Gasteiger partial charge in [0.15, 0.2) is 6.61 Å². The van der Waals surface area contributed by atoms with Gasteiger partial charge in [-0.25, -0.2) is 4.79 Å². The third-order valence-electron chi connectivity index (χ3n) is 3.49. The number of nitrogens with one attached hydrogen (secondary N) is 1. The maximum atomic E-state index is 11.8. The molecule has 1 N–H and O–H groups in total. The highest BCUT2D eigenvalue weighted by Crippen LogP contribution is 2.28. The van der Waals surface area contributed by atoms with Crippen molar-refractivity contribution in [3.8, 4) is 10.4 Å². The zero-order valence-electron chi connectivity index (χ0n) is 14.6. The summed E-state index contributed by atoms with van der Waals surface area (Å²) in [7, 11) is 2.96. The van der Waals surface area contributed by atoms with E-state index in [4.69, 9.17) is 4.74 Å². The lowest BCUT2D eigenvalue weighted by atomic mass is 10.2. The summed E-state index contributed by atoms with van der Waals surface area (Å²) in [4.78, 5) is 37.9. The second-order valence-electron chi connectivity index (χ2n) is 5.43. The van der Waals surface area contributed by atoms with Gasteiger partial charge in [-0.1, -0.05) is 30.3 Å². The van der Waals surface area contributed by atoms with E-state index in [0.717, 1.165) is 15.3 Å². The molecule has 0 radical (unpaired) electrons. The summed E-state index contributed by atoms with van der Waals surface area (Å²) in [5.41, 5.74) is 1.12. The highest BCUT2D eigenvalue weighted by Gasteiger charge is 2.13. The molecule has 136 valence electrons. The Hall–Kier alpha value is -2.93. The third kappa shape index (κ3) is 5.86. The Bertz CT molecular complexity index is 799. The molecule has 0 fully saturated rings. The zero-order valence-corrected chi connectivity index (χ0v) is 15.4. The van der Waals surface area contributed by atoms with Crippen LogP contribution in [0.25, 0.3) is 16.5 Å². The van der Waals surface area contributed by atoms with Gasteiger partial charge in [0.05, 0.1) is 6.54 Å². The van der Waals surface area contributed by atoms with Crippen molar-refractivity contribution in [3.63, 3.8) is 0 Å². The molecule has 0 unspecified atom stereocenters. The summed E-state index contributed by atoms with van der Waals surface area (Å²) >= 11 is 1.55. The van der Waals surface area contributed by atoms with Crippen LogP contribution in [0.1, 0.15) is 4.88 Å². The predicted octanol–water partition coefficient (Wildman–Crippen LogP) is 2.18. The minimum absolute atomic E-state index is 0.0832. The first kappa shape index (κ1) is 19.4. The van der Waals surface area contributed by atoms with Crippen molar-refractivity contribution < 1.29 is 19.1 Å². The molecule has 0 spiro atoms. The van der Waals surface area contributed by atoms with Gasteiger partial charge in [0, 0.05) is 29.9 Å². The number of hydrogen-bond donors (Lipinski definition) is 1. The molecule has 0 saturated carbocycles. The zero-order chi connectivity index (χ0) is 18.9. The first-order valence-electron chi connectivity index (χ1n) is 7.94. The van der Waals surface area contributed by atoms with Crippen molar-refractivity contribution >= 4 is 35.2 Å².